The number of alkyl halides is 3. The second-order valence-corrected chi connectivity index (χ2v) is 6.92. The Bertz CT molecular complexity index is 1150. The van der Waals surface area contributed by atoms with Gasteiger partial charge in [0.2, 0.25) is 0 Å². The van der Waals surface area contributed by atoms with Crippen molar-refractivity contribution in [3.05, 3.63) is 73.8 Å². The summed E-state index contributed by atoms with van der Waals surface area (Å²) in [7, 11) is 0. The van der Waals surface area contributed by atoms with Crippen LogP contribution in [0, 0.1) is 20.2 Å². The van der Waals surface area contributed by atoms with E-state index in [-0.39, 0.29) is 30.3 Å². The van der Waals surface area contributed by atoms with Crippen LogP contribution in [0.4, 0.5) is 30.2 Å². The number of nitrogens with zero attached hydrogens (tertiary/aromatic N) is 2. The zero-order valence-electron chi connectivity index (χ0n) is 17.8. The average Bonchev–Trinajstić information content (AvgIpc) is 2.78. The topological polar surface area (TPSA) is 171 Å². The van der Waals surface area contributed by atoms with E-state index in [1.807, 2.05) is 5.32 Å². The number of halogens is 3. The van der Waals surface area contributed by atoms with Crippen LogP contribution in [-0.4, -0.2) is 40.3 Å². The molecule has 1 atom stereocenters. The van der Waals surface area contributed by atoms with Crippen LogP contribution in [0.5, 0.6) is 0 Å². The molecule has 15 heteroatoms. The van der Waals surface area contributed by atoms with E-state index in [1.165, 1.54) is 12.1 Å². The molecule has 2 aromatic rings. The van der Waals surface area contributed by atoms with Crippen molar-refractivity contribution in [3.8, 4) is 0 Å². The van der Waals surface area contributed by atoms with Crippen LogP contribution in [0.15, 0.2) is 42.5 Å². The molecule has 12 nitrogen and oxygen atoms in total. The third kappa shape index (κ3) is 7.48. The first kappa shape index (κ1) is 26.7. The molecule has 0 radical (unpaired) electrons. The van der Waals surface area contributed by atoms with Gasteiger partial charge in [0.15, 0.2) is 6.10 Å². The normalized spacial score (nSPS) is 11.8. The van der Waals surface area contributed by atoms with Gasteiger partial charge in [0.05, 0.1) is 27.5 Å². The Kier molecular flexibility index (Phi) is 8.42. The van der Waals surface area contributed by atoms with E-state index in [2.05, 4.69) is 5.32 Å². The van der Waals surface area contributed by atoms with Gasteiger partial charge < -0.3 is 15.4 Å². The Labute approximate surface area is 194 Å². The predicted molar refractivity (Wildman–Crippen MR) is 112 cm³/mol. The highest BCUT2D eigenvalue weighted by Crippen LogP contribution is 2.37. The fraction of sp³-hybridized carbons (Fsp3) is 0.250. The van der Waals surface area contributed by atoms with E-state index >= 15 is 0 Å². The number of hydrogen-bond acceptors (Lipinski definition) is 8. The molecule has 2 aromatic carbocycles. The first-order valence-corrected chi connectivity index (χ1v) is 9.68. The highest BCUT2D eigenvalue weighted by atomic mass is 19.4. The summed E-state index contributed by atoms with van der Waals surface area (Å²) >= 11 is 0. The molecule has 2 rings (SSSR count). The van der Waals surface area contributed by atoms with Gasteiger partial charge in [-0.25, -0.2) is 0 Å². The second kappa shape index (κ2) is 11.0. The van der Waals surface area contributed by atoms with E-state index in [1.54, 1.807) is 0 Å². The average molecular weight is 498 g/mol. The van der Waals surface area contributed by atoms with Crippen molar-refractivity contribution in [3.63, 3.8) is 0 Å². The number of nitro groups is 2. The summed E-state index contributed by atoms with van der Waals surface area (Å²) in [5.74, 6) is -2.69. The molecule has 35 heavy (non-hydrogen) atoms. The monoisotopic (exact) mass is 498 g/mol. The van der Waals surface area contributed by atoms with Crippen molar-refractivity contribution in [1.82, 2.24) is 5.32 Å². The molecule has 0 aliphatic heterocycles. The van der Waals surface area contributed by atoms with E-state index in [0.29, 0.717) is 6.07 Å². The predicted octanol–water partition coefficient (Wildman–Crippen LogP) is 3.21. The number of esters is 1. The maximum absolute atomic E-state index is 13.2. The molecule has 0 saturated heterocycles. The van der Waals surface area contributed by atoms with Crippen molar-refractivity contribution in [1.29, 1.82) is 0 Å². The first-order valence-electron chi connectivity index (χ1n) is 9.68. The molecule has 0 saturated carbocycles. The van der Waals surface area contributed by atoms with Crippen LogP contribution in [0.25, 0.3) is 0 Å². The second-order valence-electron chi connectivity index (χ2n) is 6.92. The molecular formula is C20H17F3N4O8. The number of carbonyl (C=O) groups excluding carboxylic acids is 3. The van der Waals surface area contributed by atoms with Crippen LogP contribution >= 0.6 is 0 Å². The number of amides is 2. The summed E-state index contributed by atoms with van der Waals surface area (Å²) in [6.45, 7) is 0.880. The van der Waals surface area contributed by atoms with Crippen molar-refractivity contribution < 1.29 is 42.1 Å². The van der Waals surface area contributed by atoms with Crippen molar-refractivity contribution in [2.24, 2.45) is 0 Å². The minimum absolute atomic E-state index is 0.0975. The Morgan fingerprint density at radius 1 is 1.00 bits per heavy atom. The fourth-order valence-corrected chi connectivity index (χ4v) is 2.65. The SMILES string of the molecule is CC(OC(=O)CCNC(=O)c1ccc([N+](=O)[O-])cc1)C(=O)Nc1ccc([N+](=O)[O-])cc1C(F)(F)F. The zero-order valence-corrected chi connectivity index (χ0v) is 17.8. The molecule has 0 heterocycles. The largest absolute Gasteiger partial charge is 0.452 e. The van der Waals surface area contributed by atoms with Crippen LogP contribution in [0.2, 0.25) is 0 Å². The van der Waals surface area contributed by atoms with E-state index in [4.69, 9.17) is 4.74 Å². The summed E-state index contributed by atoms with van der Waals surface area (Å²) in [5.41, 5.74) is -3.15. The van der Waals surface area contributed by atoms with Gasteiger partial charge in [-0.15, -0.1) is 0 Å². The minimum atomic E-state index is -5.00. The molecule has 0 bridgehead atoms. The quantitative estimate of drug-likeness (QED) is 0.301. The molecule has 0 aromatic heterocycles. The highest BCUT2D eigenvalue weighted by Gasteiger charge is 2.36. The number of nitro benzene ring substituents is 2. The van der Waals surface area contributed by atoms with Crippen LogP contribution in [-0.2, 0) is 20.5 Å². The number of carbonyl (C=O) groups is 3. The van der Waals surface area contributed by atoms with Gasteiger partial charge >= 0.3 is 12.1 Å². The Hall–Kier alpha value is -4.56. The molecule has 0 spiro atoms. The smallest absolute Gasteiger partial charge is 0.418 e. The summed E-state index contributed by atoms with van der Waals surface area (Å²) in [4.78, 5) is 55.8. The van der Waals surface area contributed by atoms with E-state index in [9.17, 15) is 47.8 Å². The summed E-state index contributed by atoms with van der Waals surface area (Å²) in [5, 5.41) is 25.6. The molecule has 0 aliphatic carbocycles. The molecule has 0 fully saturated rings. The van der Waals surface area contributed by atoms with Crippen molar-refractivity contribution in [2.45, 2.75) is 25.6 Å². The Morgan fingerprint density at radius 2 is 1.57 bits per heavy atom. The van der Waals surface area contributed by atoms with E-state index in [0.717, 1.165) is 25.1 Å². The Morgan fingerprint density at radius 3 is 2.11 bits per heavy atom. The van der Waals surface area contributed by atoms with Crippen molar-refractivity contribution >= 4 is 34.8 Å². The number of benzene rings is 2. The fourth-order valence-electron chi connectivity index (χ4n) is 2.65. The summed E-state index contributed by atoms with van der Waals surface area (Å²) in [6.07, 6.45) is -6.91. The van der Waals surface area contributed by atoms with Crippen LogP contribution < -0.4 is 10.6 Å². The zero-order chi connectivity index (χ0) is 26.3. The first-order chi connectivity index (χ1) is 16.3. The molecule has 2 N–H and O–H groups in total. The molecular weight excluding hydrogens is 481 g/mol. The number of ether oxygens (including phenoxy) is 1. The standard InChI is InChI=1S/C20H17F3N4O8/c1-11(18(29)25-16-7-6-14(27(33)34)10-15(16)20(21,22)23)35-17(28)8-9-24-19(30)12-2-4-13(5-3-12)26(31)32/h2-7,10-11H,8-9H2,1H3,(H,24,30)(H,25,29). The van der Waals surface area contributed by atoms with Gasteiger partial charge in [-0.05, 0) is 25.1 Å². The van der Waals surface area contributed by atoms with Gasteiger partial charge in [-0.3, -0.25) is 34.6 Å². The molecule has 0 aliphatic rings. The molecule has 1 unspecified atom stereocenters. The van der Waals surface area contributed by atoms with Crippen LogP contribution in [0.1, 0.15) is 29.3 Å². The number of non-ortho nitro benzene ring substituents is 2. The van der Waals surface area contributed by atoms with Gasteiger partial charge in [0, 0.05) is 36.4 Å². The molecule has 186 valence electrons. The lowest BCUT2D eigenvalue weighted by Crippen LogP contribution is -2.32. The Balaban J connectivity index is 1.90. The van der Waals surface area contributed by atoms with E-state index < -0.39 is 56.8 Å². The minimum Gasteiger partial charge on any atom is -0.452 e. The lowest BCUT2D eigenvalue weighted by molar-refractivity contribution is -0.385. The third-order valence-corrected chi connectivity index (χ3v) is 4.41. The van der Waals surface area contributed by atoms with Gasteiger partial charge in [-0.1, -0.05) is 0 Å². The van der Waals surface area contributed by atoms with Crippen molar-refractivity contribution in [2.75, 3.05) is 11.9 Å². The number of nitrogens with one attached hydrogen (secondary N) is 2. The summed E-state index contributed by atoms with van der Waals surface area (Å²) in [6, 6.07) is 6.42. The van der Waals surface area contributed by atoms with Gasteiger partial charge in [0.1, 0.15) is 0 Å². The maximum Gasteiger partial charge on any atom is 0.418 e. The lowest BCUT2D eigenvalue weighted by Gasteiger charge is -2.17. The maximum atomic E-state index is 13.2. The number of anilines is 1. The third-order valence-electron chi connectivity index (χ3n) is 4.41. The van der Waals surface area contributed by atoms with Crippen LogP contribution in [0.3, 0.4) is 0 Å². The van der Waals surface area contributed by atoms with Gasteiger partial charge in [-0.2, -0.15) is 13.2 Å². The molecule has 2 amide bonds. The lowest BCUT2D eigenvalue weighted by atomic mass is 10.1. The number of hydrogen-bond donors (Lipinski definition) is 2. The summed E-state index contributed by atoms with van der Waals surface area (Å²) < 4.78 is 44.5. The highest BCUT2D eigenvalue weighted by molar-refractivity contribution is 5.96. The van der Waals surface area contributed by atoms with Gasteiger partial charge in [0.25, 0.3) is 23.2 Å². The number of rotatable bonds is 9.